The third-order valence-corrected chi connectivity index (χ3v) is 6.68. The van der Waals surface area contributed by atoms with Crippen LogP contribution in [0.1, 0.15) is 42.5 Å². The lowest BCUT2D eigenvalue weighted by Crippen LogP contribution is -2.37. The molecule has 0 saturated carbocycles. The average molecular weight is 446 g/mol. The van der Waals surface area contributed by atoms with Gasteiger partial charge in [-0.2, -0.15) is 0 Å². The second-order valence-corrected chi connectivity index (χ2v) is 8.97. The summed E-state index contributed by atoms with van der Waals surface area (Å²) in [6, 6.07) is 14.9. The minimum absolute atomic E-state index is 0.106. The van der Waals surface area contributed by atoms with Gasteiger partial charge in [0, 0.05) is 31.7 Å². The van der Waals surface area contributed by atoms with Crippen LogP contribution < -0.4 is 15.8 Å². The summed E-state index contributed by atoms with van der Waals surface area (Å²) >= 11 is 0. The summed E-state index contributed by atoms with van der Waals surface area (Å²) in [5.74, 6) is 0.532. The molecule has 7 heteroatoms. The minimum Gasteiger partial charge on any atom is -0.351 e. The van der Waals surface area contributed by atoms with E-state index in [0.717, 1.165) is 51.3 Å². The fraction of sp³-hybridized carbons (Fsp3) is 0.423. The average Bonchev–Trinajstić information content (AvgIpc) is 3.40. The monoisotopic (exact) mass is 445 g/mol. The van der Waals surface area contributed by atoms with E-state index in [1.807, 2.05) is 30.3 Å². The van der Waals surface area contributed by atoms with Crippen molar-refractivity contribution in [2.75, 3.05) is 44.2 Å². The molecule has 172 valence electrons. The van der Waals surface area contributed by atoms with Gasteiger partial charge in [0.1, 0.15) is 0 Å². The molecule has 2 aliphatic heterocycles. The van der Waals surface area contributed by atoms with E-state index >= 15 is 0 Å². The highest BCUT2D eigenvalue weighted by molar-refractivity contribution is 5.97. The molecule has 7 nitrogen and oxygen atoms in total. The molecule has 1 amide bonds. The summed E-state index contributed by atoms with van der Waals surface area (Å²) in [5, 5.41) is 3.55. The molecule has 0 aliphatic carbocycles. The third kappa shape index (κ3) is 4.64. The summed E-state index contributed by atoms with van der Waals surface area (Å²) in [5.41, 5.74) is 1.80. The number of carbonyl (C=O) groups excluding carboxylic acids is 1. The van der Waals surface area contributed by atoms with Gasteiger partial charge in [-0.1, -0.05) is 24.6 Å². The number of para-hydroxylation sites is 1. The fourth-order valence-corrected chi connectivity index (χ4v) is 4.87. The second-order valence-electron chi connectivity index (χ2n) is 8.97. The molecule has 0 radical (unpaired) electrons. The molecule has 1 N–H and O–H groups in total. The smallest absolute Gasteiger partial charge is 0.267 e. The lowest BCUT2D eigenvalue weighted by atomic mass is 10.1. The standard InChI is InChI=1S/C26H31N5O2/c32-24(27-13-18-29-14-5-2-6-15-29)20-11-12-22-23(19-20)28-26(30-16-7-8-17-30)31(25(22)33)21-9-3-1-4-10-21/h1,3-4,9-12,19H,2,5-8,13-18H2,(H,27,32). The SMILES string of the molecule is O=C(NCCN1CCCCC1)c1ccc2c(=O)n(-c3ccccc3)c(N3CCCC3)nc2c1. The van der Waals surface area contributed by atoms with Crippen LogP contribution in [-0.4, -0.2) is 59.6 Å². The van der Waals surface area contributed by atoms with E-state index in [1.165, 1.54) is 19.3 Å². The molecule has 1 aromatic heterocycles. The molecular formula is C26H31N5O2. The Morgan fingerprint density at radius 1 is 0.909 bits per heavy atom. The number of anilines is 1. The normalized spacial score (nSPS) is 16.9. The zero-order valence-electron chi connectivity index (χ0n) is 19.0. The zero-order valence-corrected chi connectivity index (χ0v) is 19.0. The third-order valence-electron chi connectivity index (χ3n) is 6.68. The Bertz CT molecular complexity index is 1180. The highest BCUT2D eigenvalue weighted by atomic mass is 16.1. The van der Waals surface area contributed by atoms with Crippen molar-refractivity contribution < 1.29 is 4.79 Å². The van der Waals surface area contributed by atoms with Crippen molar-refractivity contribution in [3.8, 4) is 5.69 Å². The van der Waals surface area contributed by atoms with Crippen molar-refractivity contribution in [1.82, 2.24) is 19.8 Å². The number of nitrogens with one attached hydrogen (secondary N) is 1. The molecule has 3 heterocycles. The molecule has 2 fully saturated rings. The van der Waals surface area contributed by atoms with Crippen molar-refractivity contribution in [2.24, 2.45) is 0 Å². The Balaban J connectivity index is 1.44. The first-order chi connectivity index (χ1) is 16.2. The summed E-state index contributed by atoms with van der Waals surface area (Å²) in [6.45, 7) is 5.48. The number of benzene rings is 2. The number of aromatic nitrogens is 2. The number of hydrogen-bond acceptors (Lipinski definition) is 5. The van der Waals surface area contributed by atoms with Gasteiger partial charge in [-0.05, 0) is 69.1 Å². The van der Waals surface area contributed by atoms with Crippen LogP contribution in [-0.2, 0) is 0 Å². The predicted octanol–water partition coefficient (Wildman–Crippen LogP) is 3.20. The van der Waals surface area contributed by atoms with E-state index in [2.05, 4.69) is 15.1 Å². The van der Waals surface area contributed by atoms with Crippen LogP contribution in [0.4, 0.5) is 5.95 Å². The van der Waals surface area contributed by atoms with Crippen LogP contribution >= 0.6 is 0 Å². The molecule has 3 aromatic rings. The quantitative estimate of drug-likeness (QED) is 0.631. The molecule has 5 rings (SSSR count). The van der Waals surface area contributed by atoms with E-state index in [9.17, 15) is 9.59 Å². The van der Waals surface area contributed by atoms with Crippen LogP contribution in [0.2, 0.25) is 0 Å². The Labute approximate surface area is 194 Å². The molecule has 0 unspecified atom stereocenters. The first-order valence-corrected chi connectivity index (χ1v) is 12.1. The van der Waals surface area contributed by atoms with E-state index in [0.29, 0.717) is 29.0 Å². The molecular weight excluding hydrogens is 414 g/mol. The number of piperidine rings is 1. The first kappa shape index (κ1) is 21.6. The van der Waals surface area contributed by atoms with Crippen LogP contribution in [0.5, 0.6) is 0 Å². The van der Waals surface area contributed by atoms with Crippen molar-refractivity contribution in [2.45, 2.75) is 32.1 Å². The first-order valence-electron chi connectivity index (χ1n) is 12.1. The fourth-order valence-electron chi connectivity index (χ4n) is 4.87. The molecule has 33 heavy (non-hydrogen) atoms. The van der Waals surface area contributed by atoms with Gasteiger partial charge >= 0.3 is 0 Å². The van der Waals surface area contributed by atoms with Gasteiger partial charge in [0.15, 0.2) is 0 Å². The zero-order chi connectivity index (χ0) is 22.6. The number of fused-ring (bicyclic) bond motifs is 1. The van der Waals surface area contributed by atoms with Gasteiger partial charge in [-0.3, -0.25) is 9.59 Å². The molecule has 2 aliphatic rings. The predicted molar refractivity (Wildman–Crippen MR) is 131 cm³/mol. The van der Waals surface area contributed by atoms with Gasteiger partial charge in [0.25, 0.3) is 11.5 Å². The summed E-state index contributed by atoms with van der Waals surface area (Å²) in [7, 11) is 0. The minimum atomic E-state index is -0.120. The Morgan fingerprint density at radius 2 is 1.64 bits per heavy atom. The molecule has 0 spiro atoms. The molecule has 2 aromatic carbocycles. The number of carbonyl (C=O) groups is 1. The molecule has 0 atom stereocenters. The van der Waals surface area contributed by atoms with E-state index in [-0.39, 0.29) is 11.5 Å². The highest BCUT2D eigenvalue weighted by Gasteiger charge is 2.21. The van der Waals surface area contributed by atoms with E-state index in [4.69, 9.17) is 4.98 Å². The number of likely N-dealkylation sites (tertiary alicyclic amines) is 1. The lowest BCUT2D eigenvalue weighted by Gasteiger charge is -2.26. The summed E-state index contributed by atoms with van der Waals surface area (Å²) < 4.78 is 1.70. The Kier molecular flexibility index (Phi) is 6.39. The van der Waals surface area contributed by atoms with Gasteiger partial charge in [-0.15, -0.1) is 0 Å². The van der Waals surface area contributed by atoms with Crippen LogP contribution in [0, 0.1) is 0 Å². The maximum absolute atomic E-state index is 13.5. The maximum atomic E-state index is 13.5. The van der Waals surface area contributed by atoms with E-state index in [1.54, 1.807) is 22.8 Å². The Hall–Kier alpha value is -3.19. The Morgan fingerprint density at radius 3 is 2.39 bits per heavy atom. The number of nitrogens with zero attached hydrogens (tertiary/aromatic N) is 4. The topological polar surface area (TPSA) is 70.5 Å². The van der Waals surface area contributed by atoms with Crippen molar-refractivity contribution in [3.05, 3.63) is 64.4 Å². The van der Waals surface area contributed by atoms with Gasteiger partial charge in [0.2, 0.25) is 5.95 Å². The molecule has 2 saturated heterocycles. The maximum Gasteiger partial charge on any atom is 0.267 e. The largest absolute Gasteiger partial charge is 0.351 e. The number of amides is 1. The van der Waals surface area contributed by atoms with Crippen LogP contribution in [0.3, 0.4) is 0 Å². The second kappa shape index (κ2) is 9.75. The van der Waals surface area contributed by atoms with Crippen molar-refractivity contribution >= 4 is 22.8 Å². The van der Waals surface area contributed by atoms with Gasteiger partial charge in [-0.25, -0.2) is 9.55 Å². The van der Waals surface area contributed by atoms with Gasteiger partial charge in [0.05, 0.1) is 16.6 Å². The molecule has 0 bridgehead atoms. The highest BCUT2D eigenvalue weighted by Crippen LogP contribution is 2.23. The lowest BCUT2D eigenvalue weighted by molar-refractivity contribution is 0.0946. The number of rotatable bonds is 6. The van der Waals surface area contributed by atoms with Gasteiger partial charge < -0.3 is 15.1 Å². The van der Waals surface area contributed by atoms with Crippen molar-refractivity contribution in [1.29, 1.82) is 0 Å². The summed E-state index contributed by atoms with van der Waals surface area (Å²) in [6.07, 6.45) is 5.96. The van der Waals surface area contributed by atoms with E-state index < -0.39 is 0 Å². The van der Waals surface area contributed by atoms with Crippen LogP contribution in [0.15, 0.2) is 53.3 Å². The summed E-state index contributed by atoms with van der Waals surface area (Å²) in [4.78, 5) is 35.8. The number of hydrogen-bond donors (Lipinski definition) is 1. The van der Waals surface area contributed by atoms with Crippen LogP contribution in [0.25, 0.3) is 16.6 Å². The van der Waals surface area contributed by atoms with Crippen molar-refractivity contribution in [3.63, 3.8) is 0 Å².